The number of nitro benzene ring substituents is 1. The van der Waals surface area contributed by atoms with Crippen molar-refractivity contribution in [3.8, 4) is 11.5 Å². The zero-order valence-electron chi connectivity index (χ0n) is 20.6. The van der Waals surface area contributed by atoms with Crippen molar-refractivity contribution in [2.45, 2.75) is 19.2 Å². The number of nitro groups is 1. The van der Waals surface area contributed by atoms with Gasteiger partial charge < -0.3 is 9.47 Å². The summed E-state index contributed by atoms with van der Waals surface area (Å²) in [5, 5.41) is 17.3. The second-order valence-corrected chi connectivity index (χ2v) is 8.45. The number of ether oxygens (including phenoxy) is 2. The van der Waals surface area contributed by atoms with E-state index in [9.17, 15) is 28.1 Å². The van der Waals surface area contributed by atoms with Crippen molar-refractivity contribution in [1.29, 1.82) is 0 Å². The normalized spacial score (nSPS) is 11.5. The Morgan fingerprint density at radius 3 is 2.49 bits per heavy atom. The number of amides is 1. The summed E-state index contributed by atoms with van der Waals surface area (Å²) in [6.07, 6.45) is -3.95. The van der Waals surface area contributed by atoms with Crippen LogP contribution < -0.4 is 14.9 Å². The second-order valence-electron chi connectivity index (χ2n) is 8.45. The number of carbonyl (C=O) groups is 1. The Balaban J connectivity index is 1.38. The third-order valence-corrected chi connectivity index (χ3v) is 5.76. The number of methoxy groups -OCH3 is 1. The Morgan fingerprint density at radius 1 is 1.00 bits per heavy atom. The molecule has 4 aromatic carbocycles. The third-order valence-electron chi connectivity index (χ3n) is 5.76. The molecule has 1 N–H and O–H groups in total. The van der Waals surface area contributed by atoms with Gasteiger partial charge in [0.25, 0.3) is 5.69 Å². The molecule has 0 saturated carbocycles. The number of nitrogens with one attached hydrogen (secondary N) is 1. The van der Waals surface area contributed by atoms with Gasteiger partial charge >= 0.3 is 6.18 Å². The van der Waals surface area contributed by atoms with Crippen molar-refractivity contribution in [3.05, 3.63) is 111 Å². The molecular formula is C28H22F3N3O5. The van der Waals surface area contributed by atoms with Crippen molar-refractivity contribution < 1.29 is 32.4 Å². The number of hydrazone groups is 1. The maximum absolute atomic E-state index is 12.9. The van der Waals surface area contributed by atoms with E-state index in [1.54, 1.807) is 18.2 Å². The molecular weight excluding hydrogens is 515 g/mol. The molecule has 200 valence electrons. The van der Waals surface area contributed by atoms with Gasteiger partial charge in [-0.15, -0.1) is 0 Å². The smallest absolute Gasteiger partial charge is 0.416 e. The lowest BCUT2D eigenvalue weighted by molar-refractivity contribution is -0.385. The third kappa shape index (κ3) is 6.89. The summed E-state index contributed by atoms with van der Waals surface area (Å²) in [4.78, 5) is 22.5. The van der Waals surface area contributed by atoms with Gasteiger partial charge in [-0.3, -0.25) is 14.9 Å². The molecule has 4 aromatic rings. The molecule has 0 heterocycles. The number of rotatable bonds is 9. The van der Waals surface area contributed by atoms with Gasteiger partial charge in [-0.25, -0.2) is 5.43 Å². The van der Waals surface area contributed by atoms with Gasteiger partial charge in [0, 0.05) is 11.6 Å². The van der Waals surface area contributed by atoms with E-state index in [1.807, 2.05) is 42.5 Å². The van der Waals surface area contributed by atoms with Crippen LogP contribution in [-0.4, -0.2) is 24.2 Å². The van der Waals surface area contributed by atoms with Gasteiger partial charge in [-0.05, 0) is 52.2 Å². The van der Waals surface area contributed by atoms with Crippen LogP contribution in [0, 0.1) is 10.1 Å². The fourth-order valence-corrected chi connectivity index (χ4v) is 3.82. The molecule has 0 aliphatic rings. The topological polar surface area (TPSA) is 103 Å². The molecule has 0 radical (unpaired) electrons. The molecule has 8 nitrogen and oxygen atoms in total. The average Bonchev–Trinajstić information content (AvgIpc) is 2.91. The van der Waals surface area contributed by atoms with E-state index in [0.29, 0.717) is 35.8 Å². The molecule has 4 rings (SSSR count). The van der Waals surface area contributed by atoms with Gasteiger partial charge in [0.1, 0.15) is 6.61 Å². The summed E-state index contributed by atoms with van der Waals surface area (Å²) < 4.78 is 49.9. The molecule has 0 unspecified atom stereocenters. The van der Waals surface area contributed by atoms with Gasteiger partial charge in [0.05, 0.1) is 30.2 Å². The van der Waals surface area contributed by atoms with Crippen LogP contribution in [0.15, 0.2) is 84.0 Å². The first kappa shape index (κ1) is 27.1. The van der Waals surface area contributed by atoms with E-state index in [0.717, 1.165) is 22.4 Å². The van der Waals surface area contributed by atoms with Crippen LogP contribution in [0.3, 0.4) is 0 Å². The van der Waals surface area contributed by atoms with E-state index in [4.69, 9.17) is 9.47 Å². The predicted octanol–water partition coefficient (Wildman–Crippen LogP) is 6.05. The van der Waals surface area contributed by atoms with E-state index in [2.05, 4.69) is 10.5 Å². The SMILES string of the molecule is COc1cc(/C=N/NC(=O)Cc2ccc(C(F)(F)F)cc2[N+](=O)[O-])ccc1OCc1ccc2ccccc2c1. The van der Waals surface area contributed by atoms with E-state index >= 15 is 0 Å². The minimum absolute atomic E-state index is 0.171. The molecule has 11 heteroatoms. The first-order valence-electron chi connectivity index (χ1n) is 11.6. The van der Waals surface area contributed by atoms with E-state index in [1.165, 1.54) is 13.3 Å². The standard InChI is InChI=1S/C28H22F3N3O5/c1-38-26-13-18(7-11-25(26)39-17-19-6-8-20-4-2-3-5-21(20)12-19)16-32-33-27(35)14-22-9-10-23(28(29,30)31)15-24(22)34(36)37/h2-13,15-16H,14,17H2,1H3,(H,33,35)/b32-16+. The van der Waals surface area contributed by atoms with Crippen molar-refractivity contribution in [3.63, 3.8) is 0 Å². The zero-order chi connectivity index (χ0) is 28.0. The average molecular weight is 537 g/mol. The Bertz CT molecular complexity index is 1550. The lowest BCUT2D eigenvalue weighted by Gasteiger charge is -2.12. The summed E-state index contributed by atoms with van der Waals surface area (Å²) in [6, 6.07) is 21.1. The Labute approximate surface area is 220 Å². The first-order chi connectivity index (χ1) is 18.6. The van der Waals surface area contributed by atoms with Gasteiger partial charge in [0.15, 0.2) is 11.5 Å². The van der Waals surface area contributed by atoms with Crippen molar-refractivity contribution in [1.82, 2.24) is 5.43 Å². The van der Waals surface area contributed by atoms with Crippen LogP contribution in [0.1, 0.15) is 22.3 Å². The fraction of sp³-hybridized carbons (Fsp3) is 0.143. The lowest BCUT2D eigenvalue weighted by atomic mass is 10.1. The van der Waals surface area contributed by atoms with Crippen LogP contribution in [-0.2, 0) is 24.0 Å². The Kier molecular flexibility index (Phi) is 8.09. The highest BCUT2D eigenvalue weighted by Crippen LogP contribution is 2.33. The quantitative estimate of drug-likeness (QED) is 0.159. The van der Waals surface area contributed by atoms with Gasteiger partial charge in [-0.1, -0.05) is 42.5 Å². The zero-order valence-corrected chi connectivity index (χ0v) is 20.6. The van der Waals surface area contributed by atoms with Crippen LogP contribution in [0.2, 0.25) is 0 Å². The highest BCUT2D eigenvalue weighted by atomic mass is 19.4. The summed E-state index contributed by atoms with van der Waals surface area (Å²) in [6.45, 7) is 0.320. The first-order valence-corrected chi connectivity index (χ1v) is 11.6. The highest BCUT2D eigenvalue weighted by molar-refractivity contribution is 5.85. The maximum Gasteiger partial charge on any atom is 0.416 e. The van der Waals surface area contributed by atoms with Crippen LogP contribution in [0.5, 0.6) is 11.5 Å². The van der Waals surface area contributed by atoms with Crippen LogP contribution in [0.4, 0.5) is 18.9 Å². The highest BCUT2D eigenvalue weighted by Gasteiger charge is 2.33. The molecule has 0 spiro atoms. The second kappa shape index (κ2) is 11.6. The number of hydrogen-bond donors (Lipinski definition) is 1. The molecule has 0 atom stereocenters. The minimum atomic E-state index is -4.74. The number of alkyl halides is 3. The number of nitrogens with zero attached hydrogens (tertiary/aromatic N) is 2. The summed E-state index contributed by atoms with van der Waals surface area (Å²) in [5.41, 5.74) is 1.62. The van der Waals surface area contributed by atoms with Crippen molar-refractivity contribution in [2.24, 2.45) is 5.10 Å². The molecule has 39 heavy (non-hydrogen) atoms. The lowest BCUT2D eigenvalue weighted by Crippen LogP contribution is -2.20. The number of fused-ring (bicyclic) bond motifs is 1. The maximum atomic E-state index is 12.9. The number of hydrogen-bond acceptors (Lipinski definition) is 6. The molecule has 0 aromatic heterocycles. The number of carbonyl (C=O) groups excluding carboxylic acids is 1. The summed E-state index contributed by atoms with van der Waals surface area (Å²) in [5.74, 6) is 0.198. The monoisotopic (exact) mass is 537 g/mol. The Morgan fingerprint density at radius 2 is 1.77 bits per heavy atom. The summed E-state index contributed by atoms with van der Waals surface area (Å²) in [7, 11) is 1.48. The predicted molar refractivity (Wildman–Crippen MR) is 139 cm³/mol. The van der Waals surface area contributed by atoms with E-state index in [-0.39, 0.29) is 5.56 Å². The molecule has 0 saturated heterocycles. The summed E-state index contributed by atoms with van der Waals surface area (Å²) >= 11 is 0. The van der Waals surface area contributed by atoms with Crippen LogP contribution in [0.25, 0.3) is 10.8 Å². The minimum Gasteiger partial charge on any atom is -0.493 e. The number of halogens is 3. The molecule has 1 amide bonds. The van der Waals surface area contributed by atoms with Crippen molar-refractivity contribution in [2.75, 3.05) is 7.11 Å². The molecule has 0 aliphatic carbocycles. The molecule has 0 fully saturated rings. The largest absolute Gasteiger partial charge is 0.493 e. The van der Waals surface area contributed by atoms with Gasteiger partial charge in [0.2, 0.25) is 5.91 Å². The molecule has 0 bridgehead atoms. The van der Waals surface area contributed by atoms with E-state index < -0.39 is 34.7 Å². The number of benzene rings is 4. The van der Waals surface area contributed by atoms with Crippen molar-refractivity contribution >= 4 is 28.6 Å². The Hall–Kier alpha value is -4.93. The fourth-order valence-electron chi connectivity index (χ4n) is 3.82. The van der Waals surface area contributed by atoms with Crippen LogP contribution >= 0.6 is 0 Å². The van der Waals surface area contributed by atoms with Gasteiger partial charge in [-0.2, -0.15) is 18.3 Å². The molecule has 0 aliphatic heterocycles.